The molecule has 0 aliphatic carbocycles. The lowest BCUT2D eigenvalue weighted by Gasteiger charge is -2.13. The van der Waals surface area contributed by atoms with Crippen molar-refractivity contribution in [2.24, 2.45) is 0 Å². The van der Waals surface area contributed by atoms with Gasteiger partial charge in [-0.3, -0.25) is 19.3 Å². The van der Waals surface area contributed by atoms with Gasteiger partial charge in [-0.2, -0.15) is 0 Å². The number of furan rings is 1. The first-order chi connectivity index (χ1) is 15.7. The van der Waals surface area contributed by atoms with Crippen molar-refractivity contribution >= 4 is 63.8 Å². The SMILES string of the molecule is Cc1ccc(NC(=O)CN2C(=O)S/C(=C/c3ccc(-c4cc(Cl)ccc4Cl)o3)C2=O)c(C)c1. The van der Waals surface area contributed by atoms with E-state index in [1.165, 1.54) is 6.08 Å². The second kappa shape index (κ2) is 9.47. The van der Waals surface area contributed by atoms with Gasteiger partial charge in [-0.25, -0.2) is 0 Å². The molecule has 0 spiro atoms. The van der Waals surface area contributed by atoms with Crippen LogP contribution < -0.4 is 5.32 Å². The van der Waals surface area contributed by atoms with E-state index in [1.807, 2.05) is 26.0 Å². The zero-order chi connectivity index (χ0) is 23.7. The normalized spacial score (nSPS) is 14.9. The summed E-state index contributed by atoms with van der Waals surface area (Å²) in [6.45, 7) is 3.45. The van der Waals surface area contributed by atoms with Gasteiger partial charge in [0.1, 0.15) is 18.1 Å². The predicted molar refractivity (Wildman–Crippen MR) is 131 cm³/mol. The second-order valence-corrected chi connectivity index (χ2v) is 9.30. The number of imide groups is 1. The number of aryl methyl sites for hydroxylation is 2. The summed E-state index contributed by atoms with van der Waals surface area (Å²) >= 11 is 13.0. The van der Waals surface area contributed by atoms with Crippen LogP contribution in [-0.2, 0) is 9.59 Å². The van der Waals surface area contributed by atoms with Crippen LogP contribution in [0.3, 0.4) is 0 Å². The molecular weight excluding hydrogens is 483 g/mol. The van der Waals surface area contributed by atoms with Crippen LogP contribution in [0.1, 0.15) is 16.9 Å². The van der Waals surface area contributed by atoms with Crippen LogP contribution in [0.4, 0.5) is 10.5 Å². The number of thioether (sulfide) groups is 1. The molecule has 4 rings (SSSR count). The number of nitrogens with zero attached hydrogens (tertiary/aromatic N) is 1. The van der Waals surface area contributed by atoms with E-state index in [0.717, 1.165) is 27.8 Å². The molecule has 0 bridgehead atoms. The number of carbonyl (C=O) groups excluding carboxylic acids is 3. The van der Waals surface area contributed by atoms with E-state index in [-0.39, 0.29) is 11.4 Å². The van der Waals surface area contributed by atoms with E-state index in [0.29, 0.717) is 32.8 Å². The molecule has 168 valence electrons. The zero-order valence-corrected chi connectivity index (χ0v) is 20.0. The minimum atomic E-state index is -0.556. The molecule has 1 aromatic heterocycles. The summed E-state index contributed by atoms with van der Waals surface area (Å²) in [7, 11) is 0. The van der Waals surface area contributed by atoms with Crippen molar-refractivity contribution in [2.45, 2.75) is 13.8 Å². The van der Waals surface area contributed by atoms with Crippen molar-refractivity contribution < 1.29 is 18.8 Å². The van der Waals surface area contributed by atoms with Crippen LogP contribution in [0, 0.1) is 13.8 Å². The second-order valence-electron chi connectivity index (χ2n) is 7.46. The highest BCUT2D eigenvalue weighted by atomic mass is 35.5. The van der Waals surface area contributed by atoms with Gasteiger partial charge in [0.2, 0.25) is 5.91 Å². The summed E-state index contributed by atoms with van der Waals surface area (Å²) in [4.78, 5) is 38.7. The average Bonchev–Trinajstić information content (AvgIpc) is 3.32. The fourth-order valence-corrected chi connectivity index (χ4v) is 4.52. The largest absolute Gasteiger partial charge is 0.457 e. The Hall–Kier alpha value is -3.00. The Morgan fingerprint density at radius 1 is 1.09 bits per heavy atom. The van der Waals surface area contributed by atoms with Gasteiger partial charge < -0.3 is 9.73 Å². The van der Waals surface area contributed by atoms with Gasteiger partial charge in [0.05, 0.1) is 9.93 Å². The Bertz CT molecular complexity index is 1320. The first kappa shape index (κ1) is 23.2. The zero-order valence-electron chi connectivity index (χ0n) is 17.6. The number of rotatable bonds is 5. The Morgan fingerprint density at radius 3 is 2.64 bits per heavy atom. The predicted octanol–water partition coefficient (Wildman–Crippen LogP) is 6.55. The molecule has 1 fully saturated rings. The van der Waals surface area contributed by atoms with Crippen molar-refractivity contribution in [2.75, 3.05) is 11.9 Å². The van der Waals surface area contributed by atoms with Crippen LogP contribution >= 0.6 is 35.0 Å². The highest BCUT2D eigenvalue weighted by Gasteiger charge is 2.36. The van der Waals surface area contributed by atoms with E-state index in [2.05, 4.69) is 5.32 Å². The maximum Gasteiger partial charge on any atom is 0.294 e. The standard InChI is InChI=1S/C24H18Cl2N2O4S/c1-13-3-7-19(14(2)9-13)27-22(29)12-28-23(30)21(33-24(28)31)11-16-5-8-20(32-16)17-10-15(25)4-6-18(17)26/h3-11H,12H2,1-2H3,(H,27,29)/b21-11+. The Balaban J connectivity index is 1.47. The van der Waals surface area contributed by atoms with Crippen molar-refractivity contribution in [3.05, 3.63) is 80.4 Å². The fraction of sp³-hybridized carbons (Fsp3) is 0.125. The quantitative estimate of drug-likeness (QED) is 0.402. The third-order valence-electron chi connectivity index (χ3n) is 4.93. The summed E-state index contributed by atoms with van der Waals surface area (Å²) in [5, 5.41) is 3.20. The maximum atomic E-state index is 12.8. The molecule has 6 nitrogen and oxygen atoms in total. The summed E-state index contributed by atoms with van der Waals surface area (Å²) in [6, 6.07) is 14.0. The minimum absolute atomic E-state index is 0.164. The van der Waals surface area contributed by atoms with Gasteiger partial charge in [-0.1, -0.05) is 40.9 Å². The smallest absolute Gasteiger partial charge is 0.294 e. The van der Waals surface area contributed by atoms with Crippen LogP contribution in [-0.4, -0.2) is 28.5 Å². The molecule has 1 saturated heterocycles. The molecule has 1 aliphatic rings. The number of benzene rings is 2. The average molecular weight is 501 g/mol. The molecule has 1 aliphatic heterocycles. The van der Waals surface area contributed by atoms with Gasteiger partial charge in [0, 0.05) is 22.3 Å². The van der Waals surface area contributed by atoms with Crippen LogP contribution in [0.15, 0.2) is 57.9 Å². The lowest BCUT2D eigenvalue weighted by molar-refractivity contribution is -0.127. The van der Waals surface area contributed by atoms with Crippen LogP contribution in [0.2, 0.25) is 10.0 Å². The van der Waals surface area contributed by atoms with E-state index in [9.17, 15) is 14.4 Å². The van der Waals surface area contributed by atoms with Gasteiger partial charge in [0.15, 0.2) is 0 Å². The van der Waals surface area contributed by atoms with Crippen LogP contribution in [0.25, 0.3) is 17.4 Å². The van der Waals surface area contributed by atoms with E-state index in [1.54, 1.807) is 36.4 Å². The topological polar surface area (TPSA) is 79.6 Å². The number of halogens is 2. The minimum Gasteiger partial charge on any atom is -0.457 e. The van der Waals surface area contributed by atoms with Gasteiger partial charge >= 0.3 is 0 Å². The Morgan fingerprint density at radius 2 is 1.88 bits per heavy atom. The van der Waals surface area contributed by atoms with Crippen molar-refractivity contribution in [3.8, 4) is 11.3 Å². The number of hydrogen-bond acceptors (Lipinski definition) is 5. The molecular formula is C24H18Cl2N2O4S. The highest BCUT2D eigenvalue weighted by molar-refractivity contribution is 8.18. The Labute approximate surface area is 204 Å². The van der Waals surface area contributed by atoms with Gasteiger partial charge in [-0.15, -0.1) is 0 Å². The van der Waals surface area contributed by atoms with Crippen LogP contribution in [0.5, 0.6) is 0 Å². The molecule has 0 atom stereocenters. The van der Waals surface area contributed by atoms with Crippen molar-refractivity contribution in [1.82, 2.24) is 4.90 Å². The van der Waals surface area contributed by atoms with Gasteiger partial charge in [0.25, 0.3) is 11.1 Å². The van der Waals surface area contributed by atoms with Crippen molar-refractivity contribution in [1.29, 1.82) is 0 Å². The third kappa shape index (κ3) is 5.16. The molecule has 9 heteroatoms. The molecule has 0 unspecified atom stereocenters. The molecule has 33 heavy (non-hydrogen) atoms. The summed E-state index contributed by atoms with van der Waals surface area (Å²) in [5.74, 6) is -0.173. The first-order valence-electron chi connectivity index (χ1n) is 9.89. The van der Waals surface area contributed by atoms with E-state index >= 15 is 0 Å². The number of nitrogens with one attached hydrogen (secondary N) is 1. The summed E-state index contributed by atoms with van der Waals surface area (Å²) < 4.78 is 5.78. The van der Waals surface area contributed by atoms with Gasteiger partial charge in [-0.05, 0) is 67.6 Å². The maximum absolute atomic E-state index is 12.8. The lowest BCUT2D eigenvalue weighted by Crippen LogP contribution is -2.36. The van der Waals surface area contributed by atoms with E-state index < -0.39 is 17.1 Å². The molecule has 0 radical (unpaired) electrons. The van der Waals surface area contributed by atoms with Crippen molar-refractivity contribution in [3.63, 3.8) is 0 Å². The number of anilines is 1. The molecule has 1 N–H and O–H groups in total. The molecule has 0 saturated carbocycles. The molecule has 2 aromatic carbocycles. The first-order valence-corrected chi connectivity index (χ1v) is 11.5. The number of hydrogen-bond donors (Lipinski definition) is 1. The molecule has 3 amide bonds. The monoisotopic (exact) mass is 500 g/mol. The van der Waals surface area contributed by atoms with E-state index in [4.69, 9.17) is 27.6 Å². The fourth-order valence-electron chi connectivity index (χ4n) is 3.31. The lowest BCUT2D eigenvalue weighted by atomic mass is 10.1. The molecule has 2 heterocycles. The number of carbonyl (C=O) groups is 3. The highest BCUT2D eigenvalue weighted by Crippen LogP contribution is 2.35. The summed E-state index contributed by atoms with van der Waals surface area (Å²) in [5.41, 5.74) is 3.21. The third-order valence-corrected chi connectivity index (χ3v) is 6.40. The summed E-state index contributed by atoms with van der Waals surface area (Å²) in [6.07, 6.45) is 1.47. The molecule has 3 aromatic rings. The number of amides is 3. The Kier molecular flexibility index (Phi) is 6.65.